The van der Waals surface area contributed by atoms with Crippen LogP contribution in [0.15, 0.2) is 42.5 Å². The SMILES string of the molecule is COc1cccc(NC(=O)CN2C(=O)N[C@](C)(c3ccc4c(c3)CCC4)C2=O)c1. The summed E-state index contributed by atoms with van der Waals surface area (Å²) < 4.78 is 5.13. The van der Waals surface area contributed by atoms with Crippen LogP contribution in [0.4, 0.5) is 10.5 Å². The molecule has 7 heteroatoms. The lowest BCUT2D eigenvalue weighted by Gasteiger charge is -2.23. The van der Waals surface area contributed by atoms with Crippen LogP contribution in [-0.4, -0.2) is 36.4 Å². The summed E-state index contributed by atoms with van der Waals surface area (Å²) in [7, 11) is 1.54. The van der Waals surface area contributed by atoms with Crippen molar-refractivity contribution in [2.24, 2.45) is 0 Å². The van der Waals surface area contributed by atoms with Crippen molar-refractivity contribution in [2.45, 2.75) is 31.7 Å². The number of anilines is 1. The Labute approximate surface area is 169 Å². The van der Waals surface area contributed by atoms with Crippen molar-refractivity contribution in [3.63, 3.8) is 0 Å². The molecule has 2 aromatic rings. The Balaban J connectivity index is 1.49. The monoisotopic (exact) mass is 393 g/mol. The zero-order valence-corrected chi connectivity index (χ0v) is 16.5. The second kappa shape index (κ2) is 7.24. The van der Waals surface area contributed by atoms with E-state index in [9.17, 15) is 14.4 Å². The zero-order chi connectivity index (χ0) is 20.6. The molecule has 4 rings (SSSR count). The van der Waals surface area contributed by atoms with Crippen molar-refractivity contribution >= 4 is 23.5 Å². The van der Waals surface area contributed by atoms with Crippen molar-refractivity contribution < 1.29 is 19.1 Å². The van der Waals surface area contributed by atoms with Crippen LogP contribution in [-0.2, 0) is 28.0 Å². The fraction of sp³-hybridized carbons (Fsp3) is 0.318. The summed E-state index contributed by atoms with van der Waals surface area (Å²) in [5.41, 5.74) is 2.61. The Morgan fingerprint density at radius 2 is 1.97 bits per heavy atom. The van der Waals surface area contributed by atoms with Gasteiger partial charge >= 0.3 is 6.03 Å². The molecule has 2 aliphatic rings. The number of nitrogens with one attached hydrogen (secondary N) is 2. The number of ether oxygens (including phenoxy) is 1. The summed E-state index contributed by atoms with van der Waals surface area (Å²) in [6.45, 7) is 1.33. The summed E-state index contributed by atoms with van der Waals surface area (Å²) in [4.78, 5) is 39.0. The van der Waals surface area contributed by atoms with Gasteiger partial charge in [-0.25, -0.2) is 4.79 Å². The number of hydrogen-bond acceptors (Lipinski definition) is 4. The molecule has 1 fully saturated rings. The second-order valence-electron chi connectivity index (χ2n) is 7.56. The number of nitrogens with zero attached hydrogens (tertiary/aromatic N) is 1. The van der Waals surface area contributed by atoms with Crippen molar-refractivity contribution in [2.75, 3.05) is 19.0 Å². The van der Waals surface area contributed by atoms with Gasteiger partial charge in [-0.15, -0.1) is 0 Å². The summed E-state index contributed by atoms with van der Waals surface area (Å²) in [5.74, 6) is -0.289. The molecule has 2 N–H and O–H groups in total. The molecule has 1 atom stereocenters. The molecular formula is C22H23N3O4. The maximum absolute atomic E-state index is 13.1. The van der Waals surface area contributed by atoms with E-state index in [0.29, 0.717) is 11.4 Å². The predicted molar refractivity (Wildman–Crippen MR) is 108 cm³/mol. The van der Waals surface area contributed by atoms with Gasteiger partial charge < -0.3 is 15.4 Å². The lowest BCUT2D eigenvalue weighted by Crippen LogP contribution is -2.42. The van der Waals surface area contributed by atoms with E-state index >= 15 is 0 Å². The molecular weight excluding hydrogens is 370 g/mol. The van der Waals surface area contributed by atoms with Gasteiger partial charge in [-0.3, -0.25) is 14.5 Å². The van der Waals surface area contributed by atoms with E-state index in [0.717, 1.165) is 29.7 Å². The minimum atomic E-state index is -1.18. The molecule has 0 spiro atoms. The third-order valence-corrected chi connectivity index (χ3v) is 5.61. The fourth-order valence-electron chi connectivity index (χ4n) is 3.96. The maximum Gasteiger partial charge on any atom is 0.325 e. The molecule has 0 saturated carbocycles. The number of methoxy groups -OCH3 is 1. The van der Waals surface area contributed by atoms with E-state index < -0.39 is 23.4 Å². The number of carbonyl (C=O) groups is 3. The van der Waals surface area contributed by atoms with Gasteiger partial charge in [0.1, 0.15) is 17.8 Å². The molecule has 0 bridgehead atoms. The van der Waals surface area contributed by atoms with Crippen LogP contribution in [0.25, 0.3) is 0 Å². The molecule has 1 aliphatic heterocycles. The van der Waals surface area contributed by atoms with Gasteiger partial charge in [-0.1, -0.05) is 24.3 Å². The number of aryl methyl sites for hydroxylation is 2. The first-order valence-electron chi connectivity index (χ1n) is 9.61. The van der Waals surface area contributed by atoms with Gasteiger partial charge in [-0.05, 0) is 55.0 Å². The van der Waals surface area contributed by atoms with Gasteiger partial charge in [0.05, 0.1) is 7.11 Å². The first-order chi connectivity index (χ1) is 13.9. The average Bonchev–Trinajstić information content (AvgIpc) is 3.26. The number of rotatable bonds is 5. The Bertz CT molecular complexity index is 1000. The number of urea groups is 1. The van der Waals surface area contributed by atoms with Crippen LogP contribution in [0.2, 0.25) is 0 Å². The summed E-state index contributed by atoms with van der Waals surface area (Å²) in [6.07, 6.45) is 3.13. The van der Waals surface area contributed by atoms with Gasteiger partial charge in [0.15, 0.2) is 0 Å². The third kappa shape index (κ3) is 3.44. The summed E-state index contributed by atoms with van der Waals surface area (Å²) in [6, 6.07) is 12.2. The van der Waals surface area contributed by atoms with Gasteiger partial charge in [0.2, 0.25) is 5.91 Å². The Kier molecular flexibility index (Phi) is 4.74. The Morgan fingerprint density at radius 1 is 1.17 bits per heavy atom. The largest absolute Gasteiger partial charge is 0.497 e. The number of carbonyl (C=O) groups excluding carboxylic acids is 3. The molecule has 29 heavy (non-hydrogen) atoms. The normalized spacial score (nSPS) is 20.4. The minimum absolute atomic E-state index is 0.359. The summed E-state index contributed by atoms with van der Waals surface area (Å²) >= 11 is 0. The number of benzene rings is 2. The van der Waals surface area contributed by atoms with Crippen molar-refractivity contribution in [3.05, 3.63) is 59.2 Å². The van der Waals surface area contributed by atoms with E-state index in [1.165, 1.54) is 18.2 Å². The average molecular weight is 393 g/mol. The van der Waals surface area contributed by atoms with E-state index in [4.69, 9.17) is 4.74 Å². The lowest BCUT2D eigenvalue weighted by atomic mass is 9.89. The molecule has 0 unspecified atom stereocenters. The first kappa shape index (κ1) is 19.0. The van der Waals surface area contributed by atoms with Gasteiger partial charge in [-0.2, -0.15) is 0 Å². The Morgan fingerprint density at radius 3 is 2.76 bits per heavy atom. The van der Waals surface area contributed by atoms with Crippen molar-refractivity contribution in [1.82, 2.24) is 10.2 Å². The van der Waals surface area contributed by atoms with E-state index in [2.05, 4.69) is 10.6 Å². The molecule has 0 aromatic heterocycles. The topological polar surface area (TPSA) is 87.7 Å². The maximum atomic E-state index is 13.1. The molecule has 1 aliphatic carbocycles. The van der Waals surface area contributed by atoms with Crippen LogP contribution in [0.3, 0.4) is 0 Å². The van der Waals surface area contributed by atoms with Crippen LogP contribution < -0.4 is 15.4 Å². The summed E-state index contributed by atoms with van der Waals surface area (Å²) in [5, 5.41) is 5.46. The Hall–Kier alpha value is -3.35. The third-order valence-electron chi connectivity index (χ3n) is 5.61. The highest BCUT2D eigenvalue weighted by Crippen LogP contribution is 2.32. The van der Waals surface area contributed by atoms with Crippen molar-refractivity contribution in [3.8, 4) is 5.75 Å². The standard InChI is InChI=1S/C22H23N3O4/c1-22(16-10-9-14-5-3-6-15(14)11-16)20(27)25(21(28)24-22)13-19(26)23-17-7-4-8-18(12-17)29-2/h4,7-12H,3,5-6,13H2,1-2H3,(H,23,26)(H,24,28)/t22-/m1/s1. The molecule has 1 saturated heterocycles. The molecule has 0 radical (unpaired) electrons. The van der Waals surface area contributed by atoms with E-state index in [1.54, 1.807) is 31.2 Å². The molecule has 7 nitrogen and oxygen atoms in total. The predicted octanol–water partition coefficient (Wildman–Crippen LogP) is 2.59. The number of fused-ring (bicyclic) bond motifs is 1. The molecule has 2 aromatic carbocycles. The highest BCUT2D eigenvalue weighted by Gasteiger charge is 2.49. The number of amides is 4. The van der Waals surface area contributed by atoms with Crippen LogP contribution >= 0.6 is 0 Å². The number of hydrogen-bond donors (Lipinski definition) is 2. The molecule has 1 heterocycles. The highest BCUT2D eigenvalue weighted by atomic mass is 16.5. The smallest absolute Gasteiger partial charge is 0.325 e. The molecule has 150 valence electrons. The molecule has 4 amide bonds. The van der Waals surface area contributed by atoms with Crippen LogP contribution in [0, 0.1) is 0 Å². The van der Waals surface area contributed by atoms with Gasteiger partial charge in [0, 0.05) is 11.8 Å². The fourth-order valence-corrected chi connectivity index (χ4v) is 3.96. The van der Waals surface area contributed by atoms with Crippen LogP contribution in [0.1, 0.15) is 30.0 Å². The highest BCUT2D eigenvalue weighted by molar-refractivity contribution is 6.10. The second-order valence-corrected chi connectivity index (χ2v) is 7.56. The minimum Gasteiger partial charge on any atom is -0.497 e. The quantitative estimate of drug-likeness (QED) is 0.765. The zero-order valence-electron chi connectivity index (χ0n) is 16.5. The van der Waals surface area contributed by atoms with E-state index in [1.807, 2.05) is 18.2 Å². The lowest BCUT2D eigenvalue weighted by molar-refractivity contribution is -0.133. The van der Waals surface area contributed by atoms with Crippen molar-refractivity contribution in [1.29, 1.82) is 0 Å². The number of imide groups is 1. The van der Waals surface area contributed by atoms with Gasteiger partial charge in [0.25, 0.3) is 5.91 Å². The van der Waals surface area contributed by atoms with Crippen LogP contribution in [0.5, 0.6) is 5.75 Å². The first-order valence-corrected chi connectivity index (χ1v) is 9.61. The van der Waals surface area contributed by atoms with E-state index in [-0.39, 0.29) is 6.54 Å².